The summed E-state index contributed by atoms with van der Waals surface area (Å²) in [7, 11) is 1.15. The van der Waals surface area contributed by atoms with E-state index in [1.165, 1.54) is 6.08 Å². The van der Waals surface area contributed by atoms with Crippen molar-refractivity contribution in [3.8, 4) is 0 Å². The third-order valence-electron chi connectivity index (χ3n) is 2.14. The Kier molecular flexibility index (Phi) is 5.31. The van der Waals surface area contributed by atoms with E-state index in [0.29, 0.717) is 11.2 Å². The van der Waals surface area contributed by atoms with Crippen LogP contribution >= 0.6 is 0 Å². The molecule has 2 amide bonds. The number of carbonyl (C=O) groups is 3. The Labute approximate surface area is 105 Å². The predicted octanol–water partition coefficient (Wildman–Crippen LogP) is 1.49. The first kappa shape index (κ1) is 13.6. The summed E-state index contributed by atoms with van der Waals surface area (Å²) < 4.78 is 4.41. The Morgan fingerprint density at radius 1 is 1.28 bits per heavy atom. The molecule has 0 saturated carbocycles. The molecule has 1 aromatic rings. The molecule has 1 rings (SSSR count). The van der Waals surface area contributed by atoms with E-state index >= 15 is 0 Å². The quantitative estimate of drug-likeness (QED) is 0.597. The van der Waals surface area contributed by atoms with Crippen LogP contribution in [0, 0.1) is 0 Å². The first-order chi connectivity index (χ1) is 8.69. The highest BCUT2D eigenvalue weighted by Gasteiger charge is 2.18. The Morgan fingerprint density at radius 3 is 2.50 bits per heavy atom. The van der Waals surface area contributed by atoms with Crippen molar-refractivity contribution in [3.63, 3.8) is 0 Å². The van der Waals surface area contributed by atoms with E-state index in [1.54, 1.807) is 6.08 Å². The average molecular weight is 247 g/mol. The van der Waals surface area contributed by atoms with Crippen LogP contribution in [0.3, 0.4) is 0 Å². The Balaban J connectivity index is 2.75. The molecule has 0 fully saturated rings. The third-order valence-corrected chi connectivity index (χ3v) is 2.14. The molecule has 0 aliphatic heterocycles. The predicted molar refractivity (Wildman–Crippen MR) is 65.7 cm³/mol. The van der Waals surface area contributed by atoms with E-state index in [1.807, 2.05) is 30.3 Å². The summed E-state index contributed by atoms with van der Waals surface area (Å²) in [6, 6.07) is 9.13. The maximum Gasteiger partial charge on any atom is 0.416 e. The van der Waals surface area contributed by atoms with E-state index < -0.39 is 12.0 Å². The second-order valence-corrected chi connectivity index (χ2v) is 3.33. The normalized spacial score (nSPS) is 10.1. The van der Waals surface area contributed by atoms with E-state index in [9.17, 15) is 14.4 Å². The topological polar surface area (TPSA) is 63.7 Å². The molecular weight excluding hydrogens is 234 g/mol. The SMILES string of the molecule is COC(=O)N(CC=O)C(=O)/C=C/c1ccccc1. The van der Waals surface area contributed by atoms with Crippen LogP contribution in [0.4, 0.5) is 4.79 Å². The number of ether oxygens (including phenoxy) is 1. The number of carbonyl (C=O) groups excluding carboxylic acids is 3. The summed E-state index contributed by atoms with van der Waals surface area (Å²) in [5.41, 5.74) is 0.821. The van der Waals surface area contributed by atoms with E-state index in [-0.39, 0.29) is 6.54 Å². The number of hydrogen-bond donors (Lipinski definition) is 0. The van der Waals surface area contributed by atoms with Crippen molar-refractivity contribution in [2.45, 2.75) is 0 Å². The molecular formula is C13H13NO4. The number of aldehydes is 1. The molecule has 0 bridgehead atoms. The van der Waals surface area contributed by atoms with Gasteiger partial charge in [-0.1, -0.05) is 30.3 Å². The fourth-order valence-electron chi connectivity index (χ4n) is 1.26. The maximum atomic E-state index is 11.7. The van der Waals surface area contributed by atoms with E-state index in [0.717, 1.165) is 12.7 Å². The molecule has 5 heteroatoms. The minimum Gasteiger partial charge on any atom is -0.452 e. The van der Waals surface area contributed by atoms with Crippen LogP contribution in [0.1, 0.15) is 5.56 Å². The van der Waals surface area contributed by atoms with Gasteiger partial charge in [0.2, 0.25) is 0 Å². The molecule has 0 aliphatic carbocycles. The number of hydrogen-bond acceptors (Lipinski definition) is 4. The van der Waals surface area contributed by atoms with E-state index in [4.69, 9.17) is 0 Å². The second kappa shape index (κ2) is 7.01. The molecule has 0 spiro atoms. The van der Waals surface area contributed by atoms with Gasteiger partial charge < -0.3 is 9.53 Å². The fourth-order valence-corrected chi connectivity index (χ4v) is 1.26. The number of nitrogens with zero attached hydrogens (tertiary/aromatic N) is 1. The van der Waals surface area contributed by atoms with Gasteiger partial charge in [-0.3, -0.25) is 4.79 Å². The van der Waals surface area contributed by atoms with Crippen molar-refractivity contribution in [3.05, 3.63) is 42.0 Å². The minimum atomic E-state index is -0.857. The largest absolute Gasteiger partial charge is 0.452 e. The number of rotatable bonds is 4. The molecule has 0 heterocycles. The molecule has 18 heavy (non-hydrogen) atoms. The molecule has 0 N–H and O–H groups in total. The van der Waals surface area contributed by atoms with Crippen molar-refractivity contribution in [2.75, 3.05) is 13.7 Å². The molecule has 94 valence electrons. The van der Waals surface area contributed by atoms with Crippen LogP contribution in [0.2, 0.25) is 0 Å². The molecule has 0 aliphatic rings. The van der Waals surface area contributed by atoms with Gasteiger partial charge in [0, 0.05) is 6.08 Å². The smallest absolute Gasteiger partial charge is 0.416 e. The molecule has 0 atom stereocenters. The van der Waals surface area contributed by atoms with Crippen molar-refractivity contribution in [1.82, 2.24) is 4.90 Å². The van der Waals surface area contributed by atoms with Gasteiger partial charge in [-0.15, -0.1) is 0 Å². The number of imide groups is 1. The van der Waals surface area contributed by atoms with Gasteiger partial charge in [-0.05, 0) is 11.6 Å². The molecule has 1 aromatic carbocycles. The number of benzene rings is 1. The lowest BCUT2D eigenvalue weighted by Gasteiger charge is -2.13. The van der Waals surface area contributed by atoms with Crippen LogP contribution in [-0.4, -0.2) is 36.8 Å². The Morgan fingerprint density at radius 2 is 1.94 bits per heavy atom. The zero-order chi connectivity index (χ0) is 13.4. The standard InChI is InChI=1S/C13H13NO4/c1-18-13(17)14(9-10-15)12(16)8-7-11-5-3-2-4-6-11/h2-8,10H,9H2,1H3/b8-7+. The monoisotopic (exact) mass is 247 g/mol. The summed E-state index contributed by atoms with van der Waals surface area (Å²) in [5, 5.41) is 0. The van der Waals surface area contributed by atoms with Gasteiger partial charge >= 0.3 is 6.09 Å². The summed E-state index contributed by atoms with van der Waals surface area (Å²) >= 11 is 0. The average Bonchev–Trinajstić information content (AvgIpc) is 2.42. The lowest BCUT2D eigenvalue weighted by Crippen LogP contribution is -2.37. The van der Waals surface area contributed by atoms with Crippen LogP contribution in [0.25, 0.3) is 6.08 Å². The minimum absolute atomic E-state index is 0.329. The molecule has 0 unspecified atom stereocenters. The Hall–Kier alpha value is -2.43. The zero-order valence-electron chi connectivity index (χ0n) is 9.91. The van der Waals surface area contributed by atoms with Crippen molar-refractivity contribution in [1.29, 1.82) is 0 Å². The zero-order valence-corrected chi connectivity index (χ0v) is 9.91. The number of methoxy groups -OCH3 is 1. The molecule has 5 nitrogen and oxygen atoms in total. The van der Waals surface area contributed by atoms with Gasteiger partial charge in [0.05, 0.1) is 13.7 Å². The first-order valence-electron chi connectivity index (χ1n) is 5.25. The van der Waals surface area contributed by atoms with Crippen LogP contribution < -0.4 is 0 Å². The first-order valence-corrected chi connectivity index (χ1v) is 5.25. The Bertz CT molecular complexity index is 453. The molecule has 0 aromatic heterocycles. The molecule has 0 saturated heterocycles. The van der Waals surface area contributed by atoms with Gasteiger partial charge in [0.15, 0.2) is 0 Å². The van der Waals surface area contributed by atoms with Crippen LogP contribution in [0.15, 0.2) is 36.4 Å². The maximum absolute atomic E-state index is 11.7. The highest BCUT2D eigenvalue weighted by molar-refractivity contribution is 6.02. The van der Waals surface area contributed by atoms with Gasteiger partial charge in [0.25, 0.3) is 5.91 Å². The van der Waals surface area contributed by atoms with Gasteiger partial charge in [-0.2, -0.15) is 0 Å². The summed E-state index contributed by atoms with van der Waals surface area (Å²) in [5.74, 6) is -0.599. The van der Waals surface area contributed by atoms with Crippen LogP contribution in [0.5, 0.6) is 0 Å². The van der Waals surface area contributed by atoms with Crippen molar-refractivity contribution < 1.29 is 19.1 Å². The lowest BCUT2D eigenvalue weighted by atomic mass is 10.2. The molecule has 0 radical (unpaired) electrons. The second-order valence-electron chi connectivity index (χ2n) is 3.33. The fraction of sp³-hybridized carbons (Fsp3) is 0.154. The van der Waals surface area contributed by atoms with Crippen molar-refractivity contribution >= 4 is 24.4 Å². The number of amides is 2. The summed E-state index contributed by atoms with van der Waals surface area (Å²) in [6.07, 6.45) is 2.38. The summed E-state index contributed by atoms with van der Waals surface area (Å²) in [4.78, 5) is 34.0. The van der Waals surface area contributed by atoms with Crippen LogP contribution in [-0.2, 0) is 14.3 Å². The highest BCUT2D eigenvalue weighted by atomic mass is 16.5. The lowest BCUT2D eigenvalue weighted by molar-refractivity contribution is -0.126. The third kappa shape index (κ3) is 3.86. The van der Waals surface area contributed by atoms with E-state index in [2.05, 4.69) is 4.74 Å². The highest BCUT2D eigenvalue weighted by Crippen LogP contribution is 2.02. The van der Waals surface area contributed by atoms with Gasteiger partial charge in [-0.25, -0.2) is 9.69 Å². The van der Waals surface area contributed by atoms with Gasteiger partial charge in [0.1, 0.15) is 6.29 Å². The summed E-state index contributed by atoms with van der Waals surface area (Å²) in [6.45, 7) is -0.329. The van der Waals surface area contributed by atoms with Crippen molar-refractivity contribution in [2.24, 2.45) is 0 Å².